The third-order valence-electron chi connectivity index (χ3n) is 5.55. The third kappa shape index (κ3) is 5.05. The summed E-state index contributed by atoms with van der Waals surface area (Å²) >= 11 is 0. The van der Waals surface area contributed by atoms with Gasteiger partial charge >= 0.3 is 0 Å². The quantitative estimate of drug-likeness (QED) is 0.393. The highest BCUT2D eigenvalue weighted by atomic mass is 32.2. The second kappa shape index (κ2) is 9.57. The van der Waals surface area contributed by atoms with Crippen LogP contribution >= 0.6 is 0 Å². The highest BCUT2D eigenvalue weighted by Crippen LogP contribution is 2.26. The van der Waals surface area contributed by atoms with Crippen LogP contribution in [-0.4, -0.2) is 25.1 Å². The number of aryl methyl sites for hydroxylation is 1. The van der Waals surface area contributed by atoms with Gasteiger partial charge in [0.2, 0.25) is 5.91 Å². The average Bonchev–Trinajstić information content (AvgIpc) is 2.83. The summed E-state index contributed by atoms with van der Waals surface area (Å²) in [4.78, 5) is 29.2. The second-order valence-electron chi connectivity index (χ2n) is 8.03. The van der Waals surface area contributed by atoms with Crippen LogP contribution in [0.4, 0.5) is 0 Å². The van der Waals surface area contributed by atoms with E-state index in [9.17, 15) is 18.0 Å². The standard InChI is InChI=1S/C27H24N2O4S/c1-3-19-8-12-21(13-9-19)26-17-24(23-6-4-5-7-25(23)28-26)27(31)16-20-10-14-22(15-11-20)34(32,33)29-18(2)30/h4-15,17H,3,16H2,1-2H3,(H,29,30). The van der Waals surface area contributed by atoms with Gasteiger partial charge in [-0.25, -0.2) is 18.1 Å². The summed E-state index contributed by atoms with van der Waals surface area (Å²) in [5.74, 6) is -0.758. The summed E-state index contributed by atoms with van der Waals surface area (Å²) < 4.78 is 26.2. The SMILES string of the molecule is CCc1ccc(-c2cc(C(=O)Cc3ccc(S(=O)(=O)NC(C)=O)cc3)c3ccccc3n2)cc1. The molecular weight excluding hydrogens is 448 g/mol. The van der Waals surface area contributed by atoms with Crippen LogP contribution in [0.25, 0.3) is 22.2 Å². The van der Waals surface area contributed by atoms with E-state index in [0.717, 1.165) is 35.5 Å². The highest BCUT2D eigenvalue weighted by Gasteiger charge is 2.17. The first-order chi connectivity index (χ1) is 16.3. The summed E-state index contributed by atoms with van der Waals surface area (Å²) in [7, 11) is -3.92. The van der Waals surface area contributed by atoms with Crippen molar-refractivity contribution in [2.45, 2.75) is 31.6 Å². The molecule has 1 aromatic heterocycles. The molecular formula is C27H24N2O4S. The Hall–Kier alpha value is -3.84. The first-order valence-corrected chi connectivity index (χ1v) is 12.4. The molecule has 1 heterocycles. The normalized spacial score (nSPS) is 11.4. The minimum Gasteiger partial charge on any atom is -0.294 e. The number of hydrogen-bond donors (Lipinski definition) is 1. The van der Waals surface area contributed by atoms with Gasteiger partial charge in [-0.2, -0.15) is 0 Å². The number of nitrogens with one attached hydrogen (secondary N) is 1. The van der Waals surface area contributed by atoms with E-state index in [-0.39, 0.29) is 17.1 Å². The van der Waals surface area contributed by atoms with Crippen LogP contribution in [-0.2, 0) is 27.7 Å². The van der Waals surface area contributed by atoms with Crippen molar-refractivity contribution in [3.63, 3.8) is 0 Å². The fourth-order valence-corrected chi connectivity index (χ4v) is 4.77. The van der Waals surface area contributed by atoms with E-state index in [1.807, 2.05) is 47.2 Å². The fourth-order valence-electron chi connectivity index (χ4n) is 3.78. The summed E-state index contributed by atoms with van der Waals surface area (Å²) in [6, 6.07) is 23.4. The van der Waals surface area contributed by atoms with Crippen molar-refractivity contribution in [3.8, 4) is 11.3 Å². The number of Topliss-reactive ketones (excluding diaryl/α,β-unsaturated/α-hetero) is 1. The largest absolute Gasteiger partial charge is 0.294 e. The maximum absolute atomic E-state index is 13.3. The summed E-state index contributed by atoms with van der Waals surface area (Å²) in [6.45, 7) is 3.23. The van der Waals surface area contributed by atoms with Crippen LogP contribution in [0.1, 0.15) is 35.3 Å². The fraction of sp³-hybridized carbons (Fsp3) is 0.148. The number of benzene rings is 3. The van der Waals surface area contributed by atoms with Crippen LogP contribution in [0.15, 0.2) is 83.8 Å². The third-order valence-corrected chi connectivity index (χ3v) is 7.00. The number of aromatic nitrogens is 1. The number of hydrogen-bond acceptors (Lipinski definition) is 5. The lowest BCUT2D eigenvalue weighted by atomic mass is 9.97. The molecule has 0 fully saturated rings. The van der Waals surface area contributed by atoms with Crippen molar-refractivity contribution >= 4 is 32.6 Å². The Morgan fingerprint density at radius 1 is 0.882 bits per heavy atom. The zero-order valence-electron chi connectivity index (χ0n) is 18.9. The number of carbonyl (C=O) groups is 2. The molecule has 0 atom stereocenters. The molecule has 6 nitrogen and oxygen atoms in total. The predicted octanol–water partition coefficient (Wildman–Crippen LogP) is 4.71. The Labute approximate surface area is 198 Å². The van der Waals surface area contributed by atoms with Crippen LogP contribution in [0.5, 0.6) is 0 Å². The molecule has 7 heteroatoms. The Morgan fingerprint density at radius 3 is 2.18 bits per heavy atom. The smallest absolute Gasteiger partial charge is 0.264 e. The Bertz CT molecular complexity index is 1480. The van der Waals surface area contributed by atoms with E-state index in [2.05, 4.69) is 19.1 Å². The summed E-state index contributed by atoms with van der Waals surface area (Å²) in [5, 5.41) is 0.770. The molecule has 3 aromatic carbocycles. The molecule has 4 aromatic rings. The van der Waals surface area contributed by atoms with Crippen molar-refractivity contribution in [3.05, 3.63) is 95.6 Å². The van der Waals surface area contributed by atoms with Crippen molar-refractivity contribution in [1.29, 1.82) is 0 Å². The van der Waals surface area contributed by atoms with E-state index in [4.69, 9.17) is 4.98 Å². The van der Waals surface area contributed by atoms with Gasteiger partial charge in [0.1, 0.15) is 0 Å². The zero-order chi connectivity index (χ0) is 24.3. The number of ketones is 1. The van der Waals surface area contributed by atoms with Gasteiger partial charge in [-0.15, -0.1) is 0 Å². The maximum Gasteiger partial charge on any atom is 0.264 e. The first-order valence-electron chi connectivity index (χ1n) is 10.9. The molecule has 0 unspecified atom stereocenters. The topological polar surface area (TPSA) is 93.2 Å². The van der Waals surface area contributed by atoms with E-state index >= 15 is 0 Å². The van der Waals surface area contributed by atoms with Crippen LogP contribution in [0.2, 0.25) is 0 Å². The first kappa shape index (κ1) is 23.3. The van der Waals surface area contributed by atoms with Gasteiger partial charge in [-0.3, -0.25) is 9.59 Å². The molecule has 0 saturated carbocycles. The number of nitrogens with zero attached hydrogens (tertiary/aromatic N) is 1. The minimum absolute atomic E-state index is 0.0360. The number of pyridine rings is 1. The Kier molecular flexibility index (Phi) is 6.56. The molecule has 0 saturated heterocycles. The molecule has 4 rings (SSSR count). The molecule has 0 aliphatic rings. The van der Waals surface area contributed by atoms with Gasteiger partial charge < -0.3 is 0 Å². The number of fused-ring (bicyclic) bond motifs is 1. The lowest BCUT2D eigenvalue weighted by Crippen LogP contribution is -2.28. The van der Waals surface area contributed by atoms with Crippen LogP contribution < -0.4 is 4.72 Å². The summed E-state index contributed by atoms with van der Waals surface area (Å²) in [5.41, 5.74) is 4.85. The molecule has 0 aliphatic heterocycles. The van der Waals surface area contributed by atoms with E-state index in [1.54, 1.807) is 12.1 Å². The van der Waals surface area contributed by atoms with Gasteiger partial charge in [0.25, 0.3) is 10.0 Å². The Balaban J connectivity index is 1.66. The van der Waals surface area contributed by atoms with Gasteiger partial charge in [0.15, 0.2) is 5.78 Å². The second-order valence-corrected chi connectivity index (χ2v) is 9.71. The minimum atomic E-state index is -3.92. The van der Waals surface area contributed by atoms with Gasteiger partial charge in [-0.1, -0.05) is 61.5 Å². The molecule has 1 N–H and O–H groups in total. The lowest BCUT2D eigenvalue weighted by Gasteiger charge is -2.10. The van der Waals surface area contributed by atoms with E-state index < -0.39 is 15.9 Å². The van der Waals surface area contributed by atoms with Crippen molar-refractivity contribution < 1.29 is 18.0 Å². The predicted molar refractivity (Wildman–Crippen MR) is 132 cm³/mol. The van der Waals surface area contributed by atoms with Crippen molar-refractivity contribution in [1.82, 2.24) is 9.71 Å². The van der Waals surface area contributed by atoms with Gasteiger partial charge in [0.05, 0.1) is 16.1 Å². The molecule has 0 spiro atoms. The van der Waals surface area contributed by atoms with Crippen molar-refractivity contribution in [2.24, 2.45) is 0 Å². The molecule has 1 amide bonds. The van der Waals surface area contributed by atoms with E-state index in [1.165, 1.54) is 17.7 Å². The number of para-hydroxylation sites is 1. The van der Waals surface area contributed by atoms with Gasteiger partial charge in [0, 0.05) is 29.9 Å². The monoisotopic (exact) mass is 472 g/mol. The molecule has 0 radical (unpaired) electrons. The molecule has 34 heavy (non-hydrogen) atoms. The zero-order valence-corrected chi connectivity index (χ0v) is 19.7. The maximum atomic E-state index is 13.3. The number of rotatable bonds is 7. The average molecular weight is 473 g/mol. The molecule has 0 aliphatic carbocycles. The van der Waals surface area contributed by atoms with Crippen molar-refractivity contribution in [2.75, 3.05) is 0 Å². The molecule has 172 valence electrons. The van der Waals surface area contributed by atoms with Crippen LogP contribution in [0.3, 0.4) is 0 Å². The number of sulfonamides is 1. The highest BCUT2D eigenvalue weighted by molar-refractivity contribution is 7.90. The molecule has 0 bridgehead atoms. The number of amides is 1. The van der Waals surface area contributed by atoms with Crippen LogP contribution in [0, 0.1) is 0 Å². The summed E-state index contributed by atoms with van der Waals surface area (Å²) in [6.07, 6.45) is 1.04. The number of carbonyl (C=O) groups excluding carboxylic acids is 2. The lowest BCUT2D eigenvalue weighted by molar-refractivity contribution is -0.117. The Morgan fingerprint density at radius 2 is 1.53 bits per heavy atom. The van der Waals surface area contributed by atoms with E-state index in [0.29, 0.717) is 11.1 Å². The van der Waals surface area contributed by atoms with Gasteiger partial charge in [-0.05, 0) is 41.8 Å².